The number of H-pyrrole nitrogens is 3. The zero-order valence-corrected chi connectivity index (χ0v) is 10.1. The number of fused-ring (bicyclic) bond motifs is 1. The summed E-state index contributed by atoms with van der Waals surface area (Å²) in [6, 6.07) is 0. The Morgan fingerprint density at radius 3 is 2.88 bits per heavy atom. The van der Waals surface area contributed by atoms with E-state index < -0.39 is 0 Å². The molecular formula is C12H17N4O+. The van der Waals surface area contributed by atoms with E-state index in [1.54, 1.807) is 0 Å². The standard InChI is InChI=1S/C12H16N4O/c1-6(2)10-11-9(12(17)16-14-10)8(13-15-11)5-7-3-4-7/h6-7H,3-5H2,1-2H3,(H,13,15)(H,16,17)/p+1. The van der Waals surface area contributed by atoms with Crippen LogP contribution in [0.5, 0.6) is 0 Å². The van der Waals surface area contributed by atoms with Crippen molar-refractivity contribution < 1.29 is 5.10 Å². The molecular weight excluding hydrogens is 216 g/mol. The molecule has 0 atom stereocenters. The van der Waals surface area contributed by atoms with Crippen molar-refractivity contribution in [3.8, 4) is 0 Å². The molecule has 0 unspecified atom stereocenters. The lowest BCUT2D eigenvalue weighted by atomic mass is 10.1. The molecule has 90 valence electrons. The van der Waals surface area contributed by atoms with E-state index in [4.69, 9.17) is 0 Å². The zero-order chi connectivity index (χ0) is 12.0. The SMILES string of the molecule is CC(C)c1n[nH]c(=O)c2c(CC3CC3)[nH][nH+]c12. The molecule has 2 heterocycles. The van der Waals surface area contributed by atoms with E-state index in [1.807, 2.05) is 0 Å². The van der Waals surface area contributed by atoms with Gasteiger partial charge in [-0.05, 0) is 25.2 Å². The van der Waals surface area contributed by atoms with Crippen LogP contribution in [0.1, 0.15) is 44.0 Å². The van der Waals surface area contributed by atoms with E-state index in [2.05, 4.69) is 34.2 Å². The first-order chi connectivity index (χ1) is 8.16. The molecule has 1 fully saturated rings. The second kappa shape index (κ2) is 3.68. The normalized spacial score (nSPS) is 15.9. The molecule has 5 nitrogen and oxygen atoms in total. The van der Waals surface area contributed by atoms with Crippen LogP contribution < -0.4 is 10.7 Å². The van der Waals surface area contributed by atoms with Gasteiger partial charge in [-0.2, -0.15) is 10.2 Å². The van der Waals surface area contributed by atoms with Gasteiger partial charge >= 0.3 is 0 Å². The van der Waals surface area contributed by atoms with Gasteiger partial charge in [-0.1, -0.05) is 13.8 Å². The summed E-state index contributed by atoms with van der Waals surface area (Å²) in [4.78, 5) is 11.9. The third-order valence-corrected chi connectivity index (χ3v) is 3.39. The molecule has 0 aliphatic heterocycles. The van der Waals surface area contributed by atoms with Crippen LogP contribution in [0.4, 0.5) is 0 Å². The van der Waals surface area contributed by atoms with Crippen LogP contribution in [-0.2, 0) is 6.42 Å². The summed E-state index contributed by atoms with van der Waals surface area (Å²) in [6.45, 7) is 4.14. The molecule has 1 aliphatic carbocycles. The number of rotatable bonds is 3. The quantitative estimate of drug-likeness (QED) is 0.834. The monoisotopic (exact) mass is 233 g/mol. The highest BCUT2D eigenvalue weighted by Gasteiger charge is 2.27. The maximum atomic E-state index is 11.9. The van der Waals surface area contributed by atoms with E-state index in [0.717, 1.165) is 34.6 Å². The first-order valence-corrected chi connectivity index (χ1v) is 6.17. The van der Waals surface area contributed by atoms with Crippen LogP contribution >= 0.6 is 0 Å². The first kappa shape index (κ1) is 10.5. The lowest BCUT2D eigenvalue weighted by Crippen LogP contribution is -2.15. The Balaban J connectivity index is 2.19. The second-order valence-electron chi connectivity index (χ2n) is 5.22. The second-order valence-corrected chi connectivity index (χ2v) is 5.22. The molecule has 0 spiro atoms. The summed E-state index contributed by atoms with van der Waals surface area (Å²) in [5, 5.41) is 13.7. The smallest absolute Gasteiger partial charge is 0.267 e. The van der Waals surface area contributed by atoms with Crippen molar-refractivity contribution in [1.29, 1.82) is 0 Å². The van der Waals surface area contributed by atoms with Gasteiger partial charge < -0.3 is 0 Å². The molecule has 2 aromatic rings. The predicted molar refractivity (Wildman–Crippen MR) is 63.8 cm³/mol. The maximum Gasteiger partial charge on any atom is 0.280 e. The number of aromatic nitrogens is 4. The fourth-order valence-corrected chi connectivity index (χ4v) is 2.26. The van der Waals surface area contributed by atoms with Crippen molar-refractivity contribution in [2.45, 2.75) is 39.0 Å². The van der Waals surface area contributed by atoms with Gasteiger partial charge in [-0.3, -0.25) is 4.79 Å². The Hall–Kier alpha value is -1.65. The van der Waals surface area contributed by atoms with Gasteiger partial charge in [-0.25, -0.2) is 5.10 Å². The van der Waals surface area contributed by atoms with Crippen LogP contribution in [0.25, 0.3) is 10.9 Å². The summed E-state index contributed by atoms with van der Waals surface area (Å²) in [6.07, 6.45) is 3.52. The molecule has 0 bridgehead atoms. The van der Waals surface area contributed by atoms with Crippen molar-refractivity contribution in [3.63, 3.8) is 0 Å². The predicted octanol–water partition coefficient (Wildman–Crippen LogP) is 1.14. The third kappa shape index (κ3) is 1.75. The molecule has 1 aliphatic rings. The van der Waals surface area contributed by atoms with E-state index in [-0.39, 0.29) is 11.5 Å². The van der Waals surface area contributed by atoms with Gasteiger partial charge in [-0.15, -0.1) is 5.10 Å². The molecule has 1 saturated carbocycles. The fraction of sp³-hybridized carbons (Fsp3) is 0.583. The largest absolute Gasteiger partial charge is 0.280 e. The zero-order valence-electron chi connectivity index (χ0n) is 10.1. The van der Waals surface area contributed by atoms with Gasteiger partial charge in [0.15, 0.2) is 0 Å². The Labute approximate surface area is 98.6 Å². The highest BCUT2D eigenvalue weighted by atomic mass is 16.1. The fourth-order valence-electron chi connectivity index (χ4n) is 2.26. The maximum absolute atomic E-state index is 11.9. The number of nitrogens with zero attached hydrogens (tertiary/aromatic N) is 1. The third-order valence-electron chi connectivity index (χ3n) is 3.39. The molecule has 17 heavy (non-hydrogen) atoms. The Morgan fingerprint density at radius 1 is 1.47 bits per heavy atom. The summed E-state index contributed by atoms with van der Waals surface area (Å²) >= 11 is 0. The van der Waals surface area contributed by atoms with Gasteiger partial charge in [0.2, 0.25) is 0 Å². The summed E-state index contributed by atoms with van der Waals surface area (Å²) < 4.78 is 0. The minimum Gasteiger partial charge on any atom is -0.267 e. The molecule has 5 heteroatoms. The Morgan fingerprint density at radius 2 is 2.24 bits per heavy atom. The van der Waals surface area contributed by atoms with Gasteiger partial charge in [0, 0.05) is 5.92 Å². The summed E-state index contributed by atoms with van der Waals surface area (Å²) in [7, 11) is 0. The number of aromatic amines is 3. The minimum atomic E-state index is -0.0995. The molecule has 3 rings (SSSR count). The number of hydrogen-bond donors (Lipinski definition) is 2. The average molecular weight is 233 g/mol. The molecule has 0 radical (unpaired) electrons. The van der Waals surface area contributed by atoms with E-state index in [9.17, 15) is 4.79 Å². The molecule has 0 amide bonds. The van der Waals surface area contributed by atoms with Crippen molar-refractivity contribution in [2.75, 3.05) is 0 Å². The average Bonchev–Trinajstić information content (AvgIpc) is 2.98. The number of hydrogen-bond acceptors (Lipinski definition) is 2. The minimum absolute atomic E-state index is 0.0995. The van der Waals surface area contributed by atoms with E-state index in [0.29, 0.717) is 0 Å². The molecule has 0 saturated heterocycles. The van der Waals surface area contributed by atoms with Crippen LogP contribution in [0.3, 0.4) is 0 Å². The Bertz CT molecular complexity index is 606. The van der Waals surface area contributed by atoms with Crippen LogP contribution in [0, 0.1) is 5.92 Å². The summed E-state index contributed by atoms with van der Waals surface area (Å²) in [5.74, 6) is 1.04. The van der Waals surface area contributed by atoms with Gasteiger partial charge in [0.25, 0.3) is 11.1 Å². The van der Waals surface area contributed by atoms with Crippen molar-refractivity contribution in [3.05, 3.63) is 21.7 Å². The summed E-state index contributed by atoms with van der Waals surface area (Å²) in [5.41, 5.74) is 2.70. The highest BCUT2D eigenvalue weighted by molar-refractivity contribution is 5.79. The van der Waals surface area contributed by atoms with Crippen molar-refractivity contribution in [1.82, 2.24) is 15.3 Å². The van der Waals surface area contributed by atoms with E-state index in [1.165, 1.54) is 12.8 Å². The molecule has 0 aromatic carbocycles. The van der Waals surface area contributed by atoms with Gasteiger partial charge in [0.1, 0.15) is 11.1 Å². The number of nitrogens with one attached hydrogen (secondary N) is 3. The lowest BCUT2D eigenvalue weighted by Gasteiger charge is -2.00. The van der Waals surface area contributed by atoms with Gasteiger partial charge in [0.05, 0.1) is 5.69 Å². The molecule has 2 aromatic heterocycles. The van der Waals surface area contributed by atoms with Crippen LogP contribution in [0.15, 0.2) is 4.79 Å². The molecule has 3 N–H and O–H groups in total. The van der Waals surface area contributed by atoms with Crippen LogP contribution in [0.2, 0.25) is 0 Å². The van der Waals surface area contributed by atoms with Crippen molar-refractivity contribution in [2.24, 2.45) is 5.92 Å². The first-order valence-electron chi connectivity index (χ1n) is 6.17. The topological polar surface area (TPSA) is 75.7 Å². The van der Waals surface area contributed by atoms with E-state index >= 15 is 0 Å². The Kier molecular flexibility index (Phi) is 2.28. The lowest BCUT2D eigenvalue weighted by molar-refractivity contribution is -0.421. The van der Waals surface area contributed by atoms with Crippen LogP contribution in [-0.4, -0.2) is 15.3 Å². The van der Waals surface area contributed by atoms with Crippen molar-refractivity contribution >= 4 is 10.9 Å². The highest BCUT2D eigenvalue weighted by Crippen LogP contribution is 2.33.